The molecule has 2 heterocycles. The Morgan fingerprint density at radius 2 is 1.07 bits per heavy atom. The molecule has 0 N–H and O–H groups in total. The minimum Gasteiger partial charge on any atom is -0.216 e. The van der Waals surface area contributed by atoms with Gasteiger partial charge in [-0.15, -0.1) is 23.5 Å². The molecule has 28 heavy (non-hydrogen) atoms. The van der Waals surface area contributed by atoms with Crippen molar-refractivity contribution in [2.75, 3.05) is 11.5 Å². The van der Waals surface area contributed by atoms with Gasteiger partial charge in [-0.1, -0.05) is 52.4 Å². The fourth-order valence-electron chi connectivity index (χ4n) is 2.60. The Kier molecular flexibility index (Phi) is 10.0. The number of nitriles is 2. The first-order chi connectivity index (χ1) is 13.7. The predicted octanol–water partition coefficient (Wildman–Crippen LogP) is 5.51. The van der Waals surface area contributed by atoms with Gasteiger partial charge in [-0.2, -0.15) is 10.5 Å². The van der Waals surface area contributed by atoms with E-state index in [1.807, 2.05) is 12.1 Å². The van der Waals surface area contributed by atoms with Crippen LogP contribution in [0.3, 0.4) is 0 Å². The number of hydrogen-bond acceptors (Lipinski definition) is 8. The van der Waals surface area contributed by atoms with Crippen LogP contribution in [-0.4, -0.2) is 31.4 Å². The molecule has 2 aromatic heterocycles. The van der Waals surface area contributed by atoms with Crippen molar-refractivity contribution in [3.8, 4) is 12.1 Å². The van der Waals surface area contributed by atoms with Gasteiger partial charge in [-0.25, -0.2) is 19.9 Å². The molecule has 2 rings (SSSR count). The lowest BCUT2D eigenvalue weighted by molar-refractivity contribution is 0.705. The van der Waals surface area contributed by atoms with Crippen molar-refractivity contribution in [1.29, 1.82) is 10.5 Å². The Labute approximate surface area is 175 Å². The zero-order valence-corrected chi connectivity index (χ0v) is 18.2. The van der Waals surface area contributed by atoms with Crippen LogP contribution in [0, 0.1) is 22.7 Å². The summed E-state index contributed by atoms with van der Waals surface area (Å²) in [5.41, 5.74) is 0.676. The minimum atomic E-state index is 0.00293. The Balaban J connectivity index is 2.23. The first-order valence-electron chi connectivity index (χ1n) is 9.89. The second-order valence-electron chi connectivity index (χ2n) is 6.44. The zero-order valence-electron chi connectivity index (χ0n) is 16.6. The number of hydrogen-bond donors (Lipinski definition) is 0. The molecule has 0 unspecified atom stereocenters. The van der Waals surface area contributed by atoms with E-state index in [9.17, 15) is 10.5 Å². The van der Waals surface area contributed by atoms with Crippen LogP contribution < -0.4 is 0 Å². The number of unbranched alkanes of at least 4 members (excludes halogenated alkanes) is 6. The number of rotatable bonds is 12. The normalized spacial score (nSPS) is 10.7. The smallest absolute Gasteiger partial charge is 0.200 e. The standard InChI is InChI=1S/C20H26N6S2/c1-3-5-7-9-11-27-19-20(28-12-10-8-6-4-2)26-18-17(25-19)23-15(13-21)16(14-22)24-18/h3-12H2,1-2H3. The highest BCUT2D eigenvalue weighted by Crippen LogP contribution is 2.30. The number of nitrogens with zero attached hydrogens (tertiary/aromatic N) is 6. The summed E-state index contributed by atoms with van der Waals surface area (Å²) in [7, 11) is 0. The van der Waals surface area contributed by atoms with E-state index < -0.39 is 0 Å². The molecule has 0 aliphatic carbocycles. The third-order valence-electron chi connectivity index (χ3n) is 4.14. The molecule has 0 bridgehead atoms. The second-order valence-corrected chi connectivity index (χ2v) is 8.61. The van der Waals surface area contributed by atoms with Gasteiger partial charge in [0, 0.05) is 0 Å². The molecular weight excluding hydrogens is 388 g/mol. The summed E-state index contributed by atoms with van der Waals surface area (Å²) in [6.07, 6.45) is 9.64. The van der Waals surface area contributed by atoms with Crippen LogP contribution in [0.5, 0.6) is 0 Å². The zero-order chi connectivity index (χ0) is 20.2. The summed E-state index contributed by atoms with van der Waals surface area (Å²) in [5, 5.41) is 20.1. The van der Waals surface area contributed by atoms with Crippen LogP contribution in [0.4, 0.5) is 0 Å². The van der Waals surface area contributed by atoms with E-state index in [1.165, 1.54) is 38.5 Å². The van der Waals surface area contributed by atoms with Gasteiger partial charge < -0.3 is 0 Å². The van der Waals surface area contributed by atoms with Gasteiger partial charge in [0.25, 0.3) is 0 Å². The van der Waals surface area contributed by atoms with E-state index in [4.69, 9.17) is 0 Å². The number of fused-ring (bicyclic) bond motifs is 1. The van der Waals surface area contributed by atoms with Crippen molar-refractivity contribution in [2.24, 2.45) is 0 Å². The molecule has 0 aliphatic heterocycles. The molecule has 0 saturated carbocycles. The molecule has 0 amide bonds. The lowest BCUT2D eigenvalue weighted by Crippen LogP contribution is -2.02. The van der Waals surface area contributed by atoms with Gasteiger partial charge in [0.15, 0.2) is 22.7 Å². The van der Waals surface area contributed by atoms with Crippen molar-refractivity contribution in [2.45, 2.75) is 75.3 Å². The number of thioether (sulfide) groups is 2. The predicted molar refractivity (Wildman–Crippen MR) is 114 cm³/mol. The molecule has 0 aromatic carbocycles. The molecule has 0 fully saturated rings. The molecule has 148 valence electrons. The fraction of sp³-hybridized carbons (Fsp3) is 0.600. The average molecular weight is 415 g/mol. The van der Waals surface area contributed by atoms with Gasteiger partial charge >= 0.3 is 0 Å². The molecule has 0 radical (unpaired) electrons. The van der Waals surface area contributed by atoms with Crippen LogP contribution in [0.25, 0.3) is 11.3 Å². The Morgan fingerprint density at radius 3 is 1.43 bits per heavy atom. The highest BCUT2D eigenvalue weighted by molar-refractivity contribution is 8.02. The fourth-order valence-corrected chi connectivity index (χ4v) is 4.67. The van der Waals surface area contributed by atoms with E-state index in [0.29, 0.717) is 11.3 Å². The Hall–Kier alpha value is -1.90. The summed E-state index contributed by atoms with van der Waals surface area (Å²) in [6.45, 7) is 4.41. The third-order valence-corrected chi connectivity index (χ3v) is 6.37. The maximum Gasteiger partial charge on any atom is 0.200 e. The summed E-state index contributed by atoms with van der Waals surface area (Å²) < 4.78 is 0. The monoisotopic (exact) mass is 414 g/mol. The van der Waals surface area contributed by atoms with Crippen LogP contribution in [0.15, 0.2) is 10.1 Å². The topological polar surface area (TPSA) is 99.1 Å². The van der Waals surface area contributed by atoms with Gasteiger partial charge in [-0.05, 0) is 24.3 Å². The Bertz CT molecular complexity index is 786. The summed E-state index contributed by atoms with van der Waals surface area (Å²) in [5.74, 6) is 1.97. The Morgan fingerprint density at radius 1 is 0.643 bits per heavy atom. The largest absolute Gasteiger partial charge is 0.216 e. The molecule has 0 atom stereocenters. The lowest BCUT2D eigenvalue weighted by atomic mass is 10.2. The molecule has 2 aromatic rings. The third kappa shape index (κ3) is 6.61. The SMILES string of the molecule is CCCCCCSc1nc2nc(C#N)c(C#N)nc2nc1SCCCCCC. The summed E-state index contributed by atoms with van der Waals surface area (Å²) >= 11 is 3.39. The van der Waals surface area contributed by atoms with Crippen LogP contribution in [0.2, 0.25) is 0 Å². The summed E-state index contributed by atoms with van der Waals surface area (Å²) in [6, 6.07) is 3.83. The van der Waals surface area contributed by atoms with Crippen molar-refractivity contribution in [3.63, 3.8) is 0 Å². The highest BCUT2D eigenvalue weighted by atomic mass is 32.2. The molecule has 0 spiro atoms. The molecule has 0 saturated heterocycles. The van der Waals surface area contributed by atoms with Crippen molar-refractivity contribution in [1.82, 2.24) is 19.9 Å². The minimum absolute atomic E-state index is 0.00293. The maximum atomic E-state index is 9.18. The highest BCUT2D eigenvalue weighted by Gasteiger charge is 2.15. The average Bonchev–Trinajstić information content (AvgIpc) is 2.72. The van der Waals surface area contributed by atoms with Gasteiger partial charge in [0.05, 0.1) is 0 Å². The van der Waals surface area contributed by atoms with Crippen molar-refractivity contribution < 1.29 is 0 Å². The van der Waals surface area contributed by atoms with Crippen molar-refractivity contribution >= 4 is 34.8 Å². The van der Waals surface area contributed by atoms with E-state index in [1.54, 1.807) is 23.5 Å². The molecule has 0 aliphatic rings. The van der Waals surface area contributed by atoms with E-state index in [0.717, 1.165) is 34.4 Å². The van der Waals surface area contributed by atoms with Crippen molar-refractivity contribution in [3.05, 3.63) is 11.4 Å². The molecule has 8 heteroatoms. The molecule has 6 nitrogen and oxygen atoms in total. The maximum absolute atomic E-state index is 9.18. The second kappa shape index (κ2) is 12.5. The first-order valence-corrected chi connectivity index (χ1v) is 11.9. The van der Waals surface area contributed by atoms with Gasteiger partial charge in [-0.3, -0.25) is 0 Å². The first kappa shape index (κ1) is 22.4. The number of aromatic nitrogens is 4. The van der Waals surface area contributed by atoms with Crippen LogP contribution >= 0.6 is 23.5 Å². The summed E-state index contributed by atoms with van der Waals surface area (Å²) in [4.78, 5) is 17.7. The van der Waals surface area contributed by atoms with Gasteiger partial charge in [0.1, 0.15) is 22.2 Å². The van der Waals surface area contributed by atoms with E-state index in [2.05, 4.69) is 33.8 Å². The lowest BCUT2D eigenvalue weighted by Gasteiger charge is -2.09. The molecular formula is C20H26N6S2. The van der Waals surface area contributed by atoms with Crippen LogP contribution in [-0.2, 0) is 0 Å². The van der Waals surface area contributed by atoms with E-state index in [-0.39, 0.29) is 11.4 Å². The van der Waals surface area contributed by atoms with E-state index >= 15 is 0 Å². The van der Waals surface area contributed by atoms with Crippen LogP contribution in [0.1, 0.15) is 76.6 Å². The quantitative estimate of drug-likeness (QED) is 0.331. The van der Waals surface area contributed by atoms with Gasteiger partial charge in [0.2, 0.25) is 0 Å².